The van der Waals surface area contributed by atoms with E-state index in [9.17, 15) is 29.7 Å². The molecule has 12 heteroatoms. The van der Waals surface area contributed by atoms with Crippen LogP contribution >= 0.6 is 0 Å². The highest BCUT2D eigenvalue weighted by Crippen LogP contribution is 2.35. The van der Waals surface area contributed by atoms with Gasteiger partial charge in [0.2, 0.25) is 11.8 Å². The number of carboxylic acid groups (broad SMARTS) is 1. The summed E-state index contributed by atoms with van der Waals surface area (Å²) in [6.45, 7) is 8.72. The molecule has 0 saturated carbocycles. The quantitative estimate of drug-likeness (QED) is 0.299. The Balaban J connectivity index is 2.43. The van der Waals surface area contributed by atoms with Crippen LogP contribution in [0.4, 0.5) is 0 Å². The number of hydrogen-bond donors (Lipinski definition) is 5. The number of carbonyl (C=O) groups excluding carboxylic acids is 2. The summed E-state index contributed by atoms with van der Waals surface area (Å²) in [6.07, 6.45) is -4.30. The van der Waals surface area contributed by atoms with Crippen LogP contribution in [-0.4, -0.2) is 124 Å². The minimum Gasteiger partial charge on any atom is -0.481 e. The van der Waals surface area contributed by atoms with E-state index in [1.807, 2.05) is 32.8 Å². The molecule has 2 rings (SSSR count). The monoisotopic (exact) mass is 559 g/mol. The average molecular weight is 560 g/mol. The number of aliphatic hydroxyl groups is 3. The normalized spacial score (nSPS) is 41.4. The number of aliphatic carboxylic acids is 1. The second kappa shape index (κ2) is 13.7. The number of aliphatic hydroxyl groups excluding tert-OH is 2. The molecule has 2 aliphatic heterocycles. The van der Waals surface area contributed by atoms with Crippen LogP contribution in [-0.2, 0) is 23.9 Å². The third kappa shape index (κ3) is 8.58. The van der Waals surface area contributed by atoms with Crippen LogP contribution < -0.4 is 5.32 Å². The van der Waals surface area contributed by atoms with Crippen molar-refractivity contribution in [3.8, 4) is 0 Å². The second-order valence-electron chi connectivity index (χ2n) is 12.1. The van der Waals surface area contributed by atoms with Crippen LogP contribution in [0.1, 0.15) is 60.3 Å². The van der Waals surface area contributed by atoms with E-state index < -0.39 is 65.9 Å². The van der Waals surface area contributed by atoms with Gasteiger partial charge in [-0.25, -0.2) is 0 Å². The molecule has 0 aliphatic carbocycles. The maximum atomic E-state index is 13.2. The SMILES string of the molecule is C[C@H]1CN(C)C(=O)[C@H](CCC(=O)O)NC(=O)[C@H](C)[C@@H](O)[C@H](C)[C@@H](O[C@@H]2O[C@H](C)C[C@H](N(C)C)[C@H]2O)[C@](C)(O)C1. The Morgan fingerprint density at radius 1 is 1.18 bits per heavy atom. The van der Waals surface area contributed by atoms with Gasteiger partial charge in [-0.2, -0.15) is 0 Å². The van der Waals surface area contributed by atoms with Crippen molar-refractivity contribution in [2.75, 3.05) is 27.7 Å². The van der Waals surface area contributed by atoms with E-state index in [2.05, 4.69) is 5.32 Å². The summed E-state index contributed by atoms with van der Waals surface area (Å²) in [5.41, 5.74) is -1.53. The smallest absolute Gasteiger partial charge is 0.303 e. The van der Waals surface area contributed by atoms with Gasteiger partial charge in [0.1, 0.15) is 12.1 Å². The van der Waals surface area contributed by atoms with Crippen molar-refractivity contribution in [3.63, 3.8) is 0 Å². The fraction of sp³-hybridized carbons (Fsp3) is 0.889. The van der Waals surface area contributed by atoms with E-state index in [0.29, 0.717) is 6.42 Å². The highest BCUT2D eigenvalue weighted by atomic mass is 16.7. The van der Waals surface area contributed by atoms with Gasteiger partial charge < -0.3 is 45.0 Å². The zero-order valence-electron chi connectivity index (χ0n) is 24.5. The van der Waals surface area contributed by atoms with Crippen molar-refractivity contribution in [3.05, 3.63) is 0 Å². The van der Waals surface area contributed by atoms with Gasteiger partial charge in [0, 0.05) is 32.0 Å². The van der Waals surface area contributed by atoms with Crippen molar-refractivity contribution in [1.29, 1.82) is 0 Å². The number of ether oxygens (including phenoxy) is 2. The molecule has 2 saturated heterocycles. The number of nitrogens with one attached hydrogen (secondary N) is 1. The third-order valence-corrected chi connectivity index (χ3v) is 8.10. The number of rotatable bonds is 6. The van der Waals surface area contributed by atoms with E-state index in [-0.39, 0.29) is 43.9 Å². The summed E-state index contributed by atoms with van der Waals surface area (Å²) in [6, 6.07) is -1.32. The van der Waals surface area contributed by atoms with E-state index >= 15 is 0 Å². The van der Waals surface area contributed by atoms with Gasteiger partial charge in [-0.3, -0.25) is 14.4 Å². The number of carboxylic acids is 1. The molecule has 11 atom stereocenters. The van der Waals surface area contributed by atoms with Gasteiger partial charge in [0.05, 0.1) is 29.8 Å². The summed E-state index contributed by atoms with van der Waals surface area (Å²) in [5.74, 6) is -4.19. The molecule has 226 valence electrons. The zero-order valence-corrected chi connectivity index (χ0v) is 24.5. The molecule has 2 amide bonds. The van der Waals surface area contributed by atoms with Crippen LogP contribution in [0, 0.1) is 17.8 Å². The molecule has 0 bridgehead atoms. The molecule has 5 N–H and O–H groups in total. The first-order valence-electron chi connectivity index (χ1n) is 13.8. The van der Waals surface area contributed by atoms with Gasteiger partial charge in [-0.1, -0.05) is 20.8 Å². The Morgan fingerprint density at radius 2 is 1.79 bits per heavy atom. The molecule has 0 aromatic rings. The lowest BCUT2D eigenvalue weighted by molar-refractivity contribution is -0.299. The van der Waals surface area contributed by atoms with Gasteiger partial charge in [-0.15, -0.1) is 0 Å². The highest BCUT2D eigenvalue weighted by molar-refractivity contribution is 5.89. The van der Waals surface area contributed by atoms with Crippen LogP contribution in [0.25, 0.3) is 0 Å². The van der Waals surface area contributed by atoms with Crippen LogP contribution in [0.2, 0.25) is 0 Å². The van der Waals surface area contributed by atoms with Crippen LogP contribution in [0.5, 0.6) is 0 Å². The van der Waals surface area contributed by atoms with E-state index in [1.165, 1.54) is 11.8 Å². The Kier molecular flexibility index (Phi) is 11.7. The summed E-state index contributed by atoms with van der Waals surface area (Å²) >= 11 is 0. The maximum Gasteiger partial charge on any atom is 0.303 e. The van der Waals surface area contributed by atoms with Crippen molar-refractivity contribution in [2.45, 2.75) is 109 Å². The van der Waals surface area contributed by atoms with Crippen LogP contribution in [0.15, 0.2) is 0 Å². The zero-order chi connectivity index (χ0) is 29.8. The summed E-state index contributed by atoms with van der Waals surface area (Å²) < 4.78 is 12.3. The van der Waals surface area contributed by atoms with Gasteiger partial charge in [0.25, 0.3) is 0 Å². The average Bonchev–Trinajstić information content (AvgIpc) is 2.83. The first-order valence-corrected chi connectivity index (χ1v) is 13.8. The first kappa shape index (κ1) is 33.4. The lowest BCUT2D eigenvalue weighted by Crippen LogP contribution is -2.59. The summed E-state index contributed by atoms with van der Waals surface area (Å²) in [7, 11) is 5.28. The molecule has 0 unspecified atom stereocenters. The topological polar surface area (TPSA) is 169 Å². The molecule has 12 nitrogen and oxygen atoms in total. The van der Waals surface area contributed by atoms with E-state index in [4.69, 9.17) is 14.6 Å². The molecule has 0 aromatic carbocycles. The van der Waals surface area contributed by atoms with E-state index in [1.54, 1.807) is 20.9 Å². The number of nitrogens with zero attached hydrogens (tertiary/aromatic N) is 2. The maximum absolute atomic E-state index is 13.2. The molecule has 0 spiro atoms. The fourth-order valence-electron chi connectivity index (χ4n) is 5.96. The second-order valence-corrected chi connectivity index (χ2v) is 12.1. The molecule has 0 radical (unpaired) electrons. The van der Waals surface area contributed by atoms with Crippen molar-refractivity contribution in [2.24, 2.45) is 17.8 Å². The number of carbonyl (C=O) groups is 3. The molecular weight excluding hydrogens is 510 g/mol. The Bertz CT molecular complexity index is 854. The molecule has 39 heavy (non-hydrogen) atoms. The first-order chi connectivity index (χ1) is 18.0. The summed E-state index contributed by atoms with van der Waals surface area (Å²) in [5, 5.41) is 45.9. The molecular formula is C27H49N3O9. The van der Waals surface area contributed by atoms with Crippen LogP contribution in [0.3, 0.4) is 0 Å². The van der Waals surface area contributed by atoms with E-state index in [0.717, 1.165) is 0 Å². The fourth-order valence-corrected chi connectivity index (χ4v) is 5.96. The lowest BCUT2D eigenvalue weighted by Gasteiger charge is -2.46. The Hall–Kier alpha value is -1.83. The standard InChI is InChI=1S/C27H49N3O9/c1-14-12-27(5,37)23(39-26-22(34)19(29(6)7)11-15(2)38-26)16(3)21(33)17(4)24(35)28-18(9-10-20(31)32)25(36)30(8)13-14/h14-19,21-23,26,33-34,37H,9-13H2,1-8H3,(H,28,35)(H,31,32)/t14-,15-,16+,17-,18+,19+,21+,22-,23-,26+,27-/m1/s1. The lowest BCUT2D eigenvalue weighted by atomic mass is 9.78. The Morgan fingerprint density at radius 3 is 2.36 bits per heavy atom. The van der Waals surface area contributed by atoms with Gasteiger partial charge in [0.15, 0.2) is 6.29 Å². The summed E-state index contributed by atoms with van der Waals surface area (Å²) in [4.78, 5) is 40.8. The largest absolute Gasteiger partial charge is 0.481 e. The molecule has 2 fully saturated rings. The number of amides is 2. The highest BCUT2D eigenvalue weighted by Gasteiger charge is 2.48. The predicted molar refractivity (Wildman–Crippen MR) is 142 cm³/mol. The van der Waals surface area contributed by atoms with Gasteiger partial charge >= 0.3 is 5.97 Å². The van der Waals surface area contributed by atoms with Crippen molar-refractivity contribution < 1.29 is 44.3 Å². The minimum atomic E-state index is -1.53. The molecule has 2 heterocycles. The number of hydrogen-bond acceptors (Lipinski definition) is 9. The number of likely N-dealkylation sites (N-methyl/N-ethyl adjacent to an activating group) is 2. The van der Waals surface area contributed by atoms with Gasteiger partial charge in [-0.05, 0) is 53.1 Å². The third-order valence-electron chi connectivity index (χ3n) is 8.10. The molecule has 0 aromatic heterocycles. The molecule has 2 aliphatic rings. The Labute approximate surface area is 231 Å². The van der Waals surface area contributed by atoms with Crippen molar-refractivity contribution in [1.82, 2.24) is 15.1 Å². The van der Waals surface area contributed by atoms with Crippen molar-refractivity contribution >= 4 is 17.8 Å². The predicted octanol–water partition coefficient (Wildman–Crippen LogP) is 0.0295. The minimum absolute atomic E-state index is 0.0947.